The van der Waals surface area contributed by atoms with E-state index in [2.05, 4.69) is 50.8 Å². The van der Waals surface area contributed by atoms with Gasteiger partial charge in [0.1, 0.15) is 0 Å². The van der Waals surface area contributed by atoms with E-state index in [1.165, 1.54) is 17.6 Å². The minimum Gasteiger partial charge on any atom is -0.0949 e. The highest BCUT2D eigenvalue weighted by Gasteiger charge is 2.40. The summed E-state index contributed by atoms with van der Waals surface area (Å²) >= 11 is 0. The van der Waals surface area contributed by atoms with E-state index in [0.29, 0.717) is 0 Å². The van der Waals surface area contributed by atoms with E-state index in [-0.39, 0.29) is 0 Å². The minimum absolute atomic E-state index is 0.748. The van der Waals surface area contributed by atoms with Crippen LogP contribution in [0.5, 0.6) is 0 Å². The van der Waals surface area contributed by atoms with E-state index < -0.39 is 0 Å². The first-order chi connectivity index (χ1) is 6.70. The van der Waals surface area contributed by atoms with Crippen LogP contribution in [0.25, 0.3) is 5.57 Å². The average Bonchev–Trinajstić information content (AvgIpc) is 2.97. The number of rotatable bonds is 3. The molecular formula is C14H18. The molecule has 0 bridgehead atoms. The molecule has 14 heavy (non-hydrogen) atoms. The summed E-state index contributed by atoms with van der Waals surface area (Å²) < 4.78 is 0. The van der Waals surface area contributed by atoms with Gasteiger partial charge in [0.2, 0.25) is 0 Å². The van der Waals surface area contributed by atoms with Gasteiger partial charge in [-0.2, -0.15) is 0 Å². The molecule has 1 fully saturated rings. The Morgan fingerprint density at radius 3 is 2.43 bits per heavy atom. The van der Waals surface area contributed by atoms with Crippen molar-refractivity contribution in [2.24, 2.45) is 17.8 Å². The van der Waals surface area contributed by atoms with Gasteiger partial charge < -0.3 is 0 Å². The molecule has 74 valence electrons. The van der Waals surface area contributed by atoms with Crippen molar-refractivity contribution in [2.45, 2.75) is 20.3 Å². The number of hydrogen-bond acceptors (Lipinski definition) is 0. The van der Waals surface area contributed by atoms with Crippen LogP contribution in [-0.4, -0.2) is 0 Å². The Labute approximate surface area is 86.7 Å². The zero-order chi connectivity index (χ0) is 10.1. The first-order valence-corrected chi connectivity index (χ1v) is 5.44. The maximum absolute atomic E-state index is 4.22. The molecular weight excluding hydrogens is 168 g/mol. The Hall–Kier alpha value is -1.04. The first-order valence-electron chi connectivity index (χ1n) is 5.44. The quantitative estimate of drug-likeness (QED) is 0.669. The minimum atomic E-state index is 0.748. The Bertz CT molecular complexity index is 321. The van der Waals surface area contributed by atoms with Crippen molar-refractivity contribution >= 4 is 5.57 Å². The molecule has 1 aromatic rings. The molecule has 1 aromatic carbocycles. The molecule has 0 aromatic heterocycles. The Morgan fingerprint density at radius 1 is 1.29 bits per heavy atom. The van der Waals surface area contributed by atoms with Crippen molar-refractivity contribution in [2.75, 3.05) is 0 Å². The van der Waals surface area contributed by atoms with E-state index >= 15 is 0 Å². The van der Waals surface area contributed by atoms with Crippen LogP contribution in [0.4, 0.5) is 0 Å². The average molecular weight is 186 g/mol. The predicted octanol–water partition coefficient (Wildman–Crippen LogP) is 3.99. The van der Waals surface area contributed by atoms with Gasteiger partial charge in [-0.1, -0.05) is 50.8 Å². The van der Waals surface area contributed by atoms with Crippen molar-refractivity contribution < 1.29 is 0 Å². The molecule has 0 amide bonds. The molecule has 2 rings (SSSR count). The van der Waals surface area contributed by atoms with Crippen molar-refractivity contribution in [1.82, 2.24) is 0 Å². The van der Waals surface area contributed by atoms with Gasteiger partial charge in [0.15, 0.2) is 0 Å². The van der Waals surface area contributed by atoms with E-state index in [1.54, 1.807) is 0 Å². The SMILES string of the molecule is C=C(c1ccccc1)[C@H]1C[C@@H]1C(C)C. The number of benzene rings is 1. The van der Waals surface area contributed by atoms with Crippen molar-refractivity contribution in [3.8, 4) is 0 Å². The van der Waals surface area contributed by atoms with Gasteiger partial charge >= 0.3 is 0 Å². The van der Waals surface area contributed by atoms with Crippen molar-refractivity contribution in [3.05, 3.63) is 42.5 Å². The molecule has 0 heterocycles. The van der Waals surface area contributed by atoms with Gasteiger partial charge in [-0.25, -0.2) is 0 Å². The monoisotopic (exact) mass is 186 g/mol. The van der Waals surface area contributed by atoms with E-state index in [0.717, 1.165) is 17.8 Å². The summed E-state index contributed by atoms with van der Waals surface area (Å²) in [4.78, 5) is 0. The zero-order valence-corrected chi connectivity index (χ0v) is 9.03. The summed E-state index contributed by atoms with van der Waals surface area (Å²) in [5.74, 6) is 2.43. The van der Waals surface area contributed by atoms with Gasteiger partial charge in [0.05, 0.1) is 0 Å². The van der Waals surface area contributed by atoms with Crippen LogP contribution in [0.1, 0.15) is 25.8 Å². The lowest BCUT2D eigenvalue weighted by Gasteiger charge is -2.06. The molecule has 0 nitrogen and oxygen atoms in total. The van der Waals surface area contributed by atoms with Crippen LogP contribution in [0, 0.1) is 17.8 Å². The fourth-order valence-corrected chi connectivity index (χ4v) is 2.22. The normalized spacial score (nSPS) is 25.1. The van der Waals surface area contributed by atoms with Crippen molar-refractivity contribution in [3.63, 3.8) is 0 Å². The lowest BCUT2D eigenvalue weighted by molar-refractivity contribution is 0.545. The van der Waals surface area contributed by atoms with Crippen LogP contribution in [0.3, 0.4) is 0 Å². The Morgan fingerprint density at radius 2 is 1.93 bits per heavy atom. The topological polar surface area (TPSA) is 0 Å². The molecule has 0 aliphatic heterocycles. The fourth-order valence-electron chi connectivity index (χ4n) is 2.22. The highest BCUT2D eigenvalue weighted by molar-refractivity contribution is 5.67. The maximum Gasteiger partial charge on any atom is -0.0128 e. The second kappa shape index (κ2) is 3.61. The van der Waals surface area contributed by atoms with Crippen LogP contribution < -0.4 is 0 Å². The van der Waals surface area contributed by atoms with Crippen LogP contribution in [-0.2, 0) is 0 Å². The second-order valence-corrected chi connectivity index (χ2v) is 4.64. The Kier molecular flexibility index (Phi) is 2.45. The highest BCUT2D eigenvalue weighted by atomic mass is 14.4. The summed E-state index contributed by atoms with van der Waals surface area (Å²) in [7, 11) is 0. The third kappa shape index (κ3) is 1.75. The summed E-state index contributed by atoms with van der Waals surface area (Å²) in [6, 6.07) is 10.6. The molecule has 0 radical (unpaired) electrons. The second-order valence-electron chi connectivity index (χ2n) is 4.64. The highest BCUT2D eigenvalue weighted by Crippen LogP contribution is 2.51. The van der Waals surface area contributed by atoms with Crippen LogP contribution in [0.2, 0.25) is 0 Å². The van der Waals surface area contributed by atoms with Gasteiger partial charge in [-0.15, -0.1) is 0 Å². The molecule has 0 saturated heterocycles. The van der Waals surface area contributed by atoms with Crippen molar-refractivity contribution in [1.29, 1.82) is 0 Å². The first kappa shape index (κ1) is 9.51. The molecule has 0 spiro atoms. The number of allylic oxidation sites excluding steroid dienone is 1. The summed E-state index contributed by atoms with van der Waals surface area (Å²) in [5, 5.41) is 0. The molecule has 1 aliphatic rings. The molecule has 0 heteroatoms. The van der Waals surface area contributed by atoms with E-state index in [1.807, 2.05) is 0 Å². The van der Waals surface area contributed by atoms with Gasteiger partial charge in [0.25, 0.3) is 0 Å². The summed E-state index contributed by atoms with van der Waals surface area (Å²) in [6.45, 7) is 8.84. The molecule has 0 unspecified atom stereocenters. The molecule has 0 N–H and O–H groups in total. The van der Waals surface area contributed by atoms with E-state index in [9.17, 15) is 0 Å². The zero-order valence-electron chi connectivity index (χ0n) is 9.03. The Balaban J connectivity index is 2.05. The third-order valence-electron chi connectivity index (χ3n) is 3.29. The third-order valence-corrected chi connectivity index (χ3v) is 3.29. The van der Waals surface area contributed by atoms with Crippen LogP contribution >= 0.6 is 0 Å². The maximum atomic E-state index is 4.22. The molecule has 1 aliphatic carbocycles. The lowest BCUT2D eigenvalue weighted by Crippen LogP contribution is -1.94. The van der Waals surface area contributed by atoms with Gasteiger partial charge in [-0.05, 0) is 35.3 Å². The van der Waals surface area contributed by atoms with Gasteiger partial charge in [0, 0.05) is 0 Å². The fraction of sp³-hybridized carbons (Fsp3) is 0.429. The standard InChI is InChI=1S/C14H18/c1-10(2)13-9-14(13)11(3)12-7-5-4-6-8-12/h4-8,10,13-14H,3,9H2,1-2H3/t13-,14-/m1/s1. The van der Waals surface area contributed by atoms with E-state index in [4.69, 9.17) is 0 Å². The molecule has 1 saturated carbocycles. The van der Waals surface area contributed by atoms with Crippen LogP contribution in [0.15, 0.2) is 36.9 Å². The number of hydrogen-bond donors (Lipinski definition) is 0. The van der Waals surface area contributed by atoms with Gasteiger partial charge in [-0.3, -0.25) is 0 Å². The summed E-state index contributed by atoms with van der Waals surface area (Å²) in [5.41, 5.74) is 2.66. The largest absolute Gasteiger partial charge is 0.0949 e. The molecule has 2 atom stereocenters. The summed E-state index contributed by atoms with van der Waals surface area (Å²) in [6.07, 6.45) is 1.34. The smallest absolute Gasteiger partial charge is 0.0128 e. The predicted molar refractivity (Wildman–Crippen MR) is 61.9 cm³/mol. The lowest BCUT2D eigenvalue weighted by atomic mass is 9.98.